The Morgan fingerprint density at radius 3 is 2.65 bits per heavy atom. The first-order valence-corrected chi connectivity index (χ1v) is 7.41. The Morgan fingerprint density at radius 2 is 2.10 bits per heavy atom. The quantitative estimate of drug-likeness (QED) is 0.569. The number of aromatic nitrogens is 1. The minimum absolute atomic E-state index is 0.0784. The molecule has 0 aliphatic rings. The van der Waals surface area contributed by atoms with Crippen molar-refractivity contribution in [3.05, 3.63) is 43.0 Å². The molecule has 0 aliphatic carbocycles. The summed E-state index contributed by atoms with van der Waals surface area (Å²) in [6.45, 7) is 5.90. The number of rotatable bonds is 3. The van der Waals surface area contributed by atoms with Crippen LogP contribution in [0.25, 0.3) is 10.9 Å². The van der Waals surface area contributed by atoms with Crippen LogP contribution in [0.4, 0.5) is 5.69 Å². The standard InChI is InChI=1S/C14H14BrClN2O2/c1-7(2)4-11-14(18(19)20)12(16)9-5-8(3)6-10(15)13(9)17-11/h5-7H,4H2,1-3H3. The highest BCUT2D eigenvalue weighted by molar-refractivity contribution is 9.10. The van der Waals surface area contributed by atoms with E-state index < -0.39 is 4.92 Å². The SMILES string of the molecule is Cc1cc(Br)c2nc(CC(C)C)c([N+](=O)[O-])c(Cl)c2c1. The first-order valence-electron chi connectivity index (χ1n) is 6.24. The molecule has 0 atom stereocenters. The van der Waals surface area contributed by atoms with Crippen molar-refractivity contribution < 1.29 is 4.92 Å². The van der Waals surface area contributed by atoms with Crippen molar-refractivity contribution in [2.75, 3.05) is 0 Å². The second kappa shape index (κ2) is 5.66. The van der Waals surface area contributed by atoms with Gasteiger partial charge in [-0.25, -0.2) is 4.98 Å². The van der Waals surface area contributed by atoms with Gasteiger partial charge in [0.2, 0.25) is 0 Å². The molecule has 2 aromatic rings. The van der Waals surface area contributed by atoms with E-state index in [1.54, 1.807) is 0 Å². The van der Waals surface area contributed by atoms with Gasteiger partial charge in [-0.1, -0.05) is 25.4 Å². The number of aryl methyl sites for hydroxylation is 1. The van der Waals surface area contributed by atoms with Gasteiger partial charge in [0.05, 0.1) is 10.4 Å². The van der Waals surface area contributed by atoms with Crippen molar-refractivity contribution in [3.8, 4) is 0 Å². The van der Waals surface area contributed by atoms with E-state index in [1.165, 1.54) is 0 Å². The Morgan fingerprint density at radius 1 is 1.45 bits per heavy atom. The van der Waals surface area contributed by atoms with Crippen molar-refractivity contribution >= 4 is 44.1 Å². The summed E-state index contributed by atoms with van der Waals surface area (Å²) in [6, 6.07) is 3.75. The van der Waals surface area contributed by atoms with Crippen molar-refractivity contribution in [1.82, 2.24) is 4.98 Å². The predicted octanol–water partition coefficient (Wildman–Crippen LogP) is 5.07. The number of nitrogens with zero attached hydrogens (tertiary/aromatic N) is 2. The minimum atomic E-state index is -0.442. The lowest BCUT2D eigenvalue weighted by molar-refractivity contribution is -0.385. The summed E-state index contributed by atoms with van der Waals surface area (Å²) in [7, 11) is 0. The molecule has 2 rings (SSSR count). The molecule has 6 heteroatoms. The number of halogens is 2. The predicted molar refractivity (Wildman–Crippen MR) is 84.4 cm³/mol. The van der Waals surface area contributed by atoms with Crippen LogP contribution in [-0.4, -0.2) is 9.91 Å². The molecule has 0 fully saturated rings. The lowest BCUT2D eigenvalue weighted by atomic mass is 10.0. The Labute approximate surface area is 130 Å². The summed E-state index contributed by atoms with van der Waals surface area (Å²) in [6.07, 6.45) is 0.520. The van der Waals surface area contributed by atoms with E-state index in [0.717, 1.165) is 10.0 Å². The molecule has 0 saturated heterocycles. The third kappa shape index (κ3) is 2.79. The third-order valence-corrected chi connectivity index (χ3v) is 3.94. The Bertz CT molecular complexity index is 701. The van der Waals surface area contributed by atoms with E-state index in [4.69, 9.17) is 11.6 Å². The molecule has 0 aliphatic heterocycles. The van der Waals surface area contributed by atoms with Gasteiger partial charge in [0.1, 0.15) is 10.7 Å². The van der Waals surface area contributed by atoms with Gasteiger partial charge in [-0.05, 0) is 52.9 Å². The number of hydrogen-bond acceptors (Lipinski definition) is 3. The number of fused-ring (bicyclic) bond motifs is 1. The Hall–Kier alpha value is -1.20. The highest BCUT2D eigenvalue weighted by atomic mass is 79.9. The largest absolute Gasteiger partial charge is 0.309 e. The highest BCUT2D eigenvalue weighted by Gasteiger charge is 2.24. The maximum absolute atomic E-state index is 11.3. The van der Waals surface area contributed by atoms with Crippen molar-refractivity contribution in [3.63, 3.8) is 0 Å². The first kappa shape index (κ1) is 15.2. The smallest absolute Gasteiger partial charge is 0.258 e. The molecule has 0 N–H and O–H groups in total. The van der Waals surface area contributed by atoms with Crippen LogP contribution < -0.4 is 0 Å². The molecule has 0 spiro atoms. The van der Waals surface area contributed by atoms with Gasteiger partial charge in [-0.15, -0.1) is 0 Å². The van der Waals surface area contributed by atoms with Crippen LogP contribution in [0.5, 0.6) is 0 Å². The van der Waals surface area contributed by atoms with Gasteiger partial charge in [0.15, 0.2) is 0 Å². The molecule has 0 unspecified atom stereocenters. The van der Waals surface area contributed by atoms with Crippen LogP contribution >= 0.6 is 27.5 Å². The zero-order chi connectivity index (χ0) is 15.0. The van der Waals surface area contributed by atoms with E-state index >= 15 is 0 Å². The fraction of sp³-hybridized carbons (Fsp3) is 0.357. The van der Waals surface area contributed by atoms with Gasteiger partial charge < -0.3 is 0 Å². The van der Waals surface area contributed by atoms with Gasteiger partial charge in [0.25, 0.3) is 0 Å². The van der Waals surface area contributed by atoms with Crippen LogP contribution in [0.15, 0.2) is 16.6 Å². The Balaban J connectivity index is 2.85. The lowest BCUT2D eigenvalue weighted by Crippen LogP contribution is -2.04. The van der Waals surface area contributed by atoms with Crippen LogP contribution in [0, 0.1) is 23.0 Å². The van der Waals surface area contributed by atoms with Crippen molar-refractivity contribution in [2.24, 2.45) is 5.92 Å². The number of pyridine rings is 1. The molecular weight excluding hydrogens is 344 g/mol. The van der Waals surface area contributed by atoms with Crippen LogP contribution in [0.1, 0.15) is 25.1 Å². The molecule has 106 valence electrons. The molecule has 20 heavy (non-hydrogen) atoms. The summed E-state index contributed by atoms with van der Waals surface area (Å²) >= 11 is 9.72. The summed E-state index contributed by atoms with van der Waals surface area (Å²) < 4.78 is 0.800. The van der Waals surface area contributed by atoms with Crippen LogP contribution in [0.2, 0.25) is 5.02 Å². The second-order valence-electron chi connectivity index (χ2n) is 5.22. The zero-order valence-corrected chi connectivity index (χ0v) is 13.7. The second-order valence-corrected chi connectivity index (χ2v) is 6.45. The molecule has 4 nitrogen and oxygen atoms in total. The minimum Gasteiger partial charge on any atom is -0.258 e. The van der Waals surface area contributed by atoms with E-state index in [9.17, 15) is 10.1 Å². The van der Waals surface area contributed by atoms with E-state index in [-0.39, 0.29) is 16.6 Å². The molecule has 0 amide bonds. The first-order chi connectivity index (χ1) is 9.31. The number of nitro groups is 1. The molecular formula is C14H14BrClN2O2. The average molecular weight is 358 g/mol. The van der Waals surface area contributed by atoms with Gasteiger partial charge in [-0.2, -0.15) is 0 Å². The summed E-state index contributed by atoms with van der Waals surface area (Å²) in [5, 5.41) is 12.1. The number of benzene rings is 1. The average Bonchev–Trinajstić information content (AvgIpc) is 2.29. The fourth-order valence-electron chi connectivity index (χ4n) is 2.17. The normalized spacial score (nSPS) is 11.3. The topological polar surface area (TPSA) is 56.0 Å². The third-order valence-electron chi connectivity index (χ3n) is 2.96. The van der Waals surface area contributed by atoms with Crippen LogP contribution in [-0.2, 0) is 6.42 Å². The molecule has 0 radical (unpaired) electrons. The Kier molecular flexibility index (Phi) is 4.30. The monoisotopic (exact) mass is 356 g/mol. The van der Waals surface area contributed by atoms with Gasteiger partial charge in [-0.3, -0.25) is 10.1 Å². The summed E-state index contributed by atoms with van der Waals surface area (Å²) in [5.41, 5.74) is 2.00. The summed E-state index contributed by atoms with van der Waals surface area (Å²) in [4.78, 5) is 15.3. The van der Waals surface area contributed by atoms with Crippen molar-refractivity contribution in [1.29, 1.82) is 0 Å². The zero-order valence-electron chi connectivity index (χ0n) is 11.4. The van der Waals surface area contributed by atoms with E-state index in [1.807, 2.05) is 32.9 Å². The maximum atomic E-state index is 11.3. The van der Waals surface area contributed by atoms with E-state index in [0.29, 0.717) is 23.0 Å². The molecule has 0 bridgehead atoms. The highest BCUT2D eigenvalue weighted by Crippen LogP contribution is 2.38. The van der Waals surface area contributed by atoms with Crippen molar-refractivity contribution in [2.45, 2.75) is 27.2 Å². The summed E-state index contributed by atoms with van der Waals surface area (Å²) in [5.74, 6) is 0.263. The molecule has 1 aromatic heterocycles. The fourth-order valence-corrected chi connectivity index (χ4v) is 3.16. The molecule has 0 saturated carbocycles. The van der Waals surface area contributed by atoms with Gasteiger partial charge in [0, 0.05) is 9.86 Å². The van der Waals surface area contributed by atoms with E-state index in [2.05, 4.69) is 20.9 Å². The van der Waals surface area contributed by atoms with Gasteiger partial charge >= 0.3 is 5.69 Å². The molecule has 1 aromatic carbocycles. The molecule has 1 heterocycles. The lowest BCUT2D eigenvalue weighted by Gasteiger charge is -2.10. The van der Waals surface area contributed by atoms with Crippen LogP contribution in [0.3, 0.4) is 0 Å². The maximum Gasteiger partial charge on any atom is 0.309 e. The number of hydrogen-bond donors (Lipinski definition) is 0.